The summed E-state index contributed by atoms with van der Waals surface area (Å²) in [6, 6.07) is 0. The van der Waals surface area contributed by atoms with Crippen molar-refractivity contribution in [2.45, 2.75) is 32.6 Å². The van der Waals surface area contributed by atoms with Crippen LogP contribution in [0.15, 0.2) is 0 Å². The molecule has 1 saturated carbocycles. The summed E-state index contributed by atoms with van der Waals surface area (Å²) in [7, 11) is 1.72. The van der Waals surface area contributed by atoms with Gasteiger partial charge in [0, 0.05) is 26.2 Å². The van der Waals surface area contributed by atoms with Crippen LogP contribution in [0.2, 0.25) is 0 Å². The van der Waals surface area contributed by atoms with Crippen LogP contribution in [0.5, 0.6) is 0 Å². The Morgan fingerprint density at radius 1 is 1.56 bits per heavy atom. The minimum atomic E-state index is 0.0308. The summed E-state index contributed by atoms with van der Waals surface area (Å²) >= 11 is 0. The van der Waals surface area contributed by atoms with Crippen LogP contribution in [0.3, 0.4) is 0 Å². The van der Waals surface area contributed by atoms with Crippen LogP contribution in [0.4, 0.5) is 0 Å². The molecule has 1 aliphatic rings. The van der Waals surface area contributed by atoms with Crippen LogP contribution in [-0.2, 0) is 9.53 Å². The number of rotatable bonds is 8. The number of hydrogen-bond acceptors (Lipinski definition) is 3. The lowest BCUT2D eigenvalue weighted by molar-refractivity contribution is -0.124. The minimum Gasteiger partial charge on any atom is -0.385 e. The zero-order valence-corrected chi connectivity index (χ0v) is 10.4. The van der Waals surface area contributed by atoms with E-state index in [-0.39, 0.29) is 11.8 Å². The summed E-state index contributed by atoms with van der Waals surface area (Å²) in [5, 5.41) is 3.03. The fraction of sp³-hybridized carbons (Fsp3) is 0.917. The number of amides is 1. The molecule has 1 rings (SSSR count). The van der Waals surface area contributed by atoms with E-state index in [9.17, 15) is 4.79 Å². The first-order valence-electron chi connectivity index (χ1n) is 6.10. The highest BCUT2D eigenvalue weighted by Crippen LogP contribution is 2.48. The van der Waals surface area contributed by atoms with Crippen LogP contribution in [-0.4, -0.2) is 32.7 Å². The van der Waals surface area contributed by atoms with Crippen molar-refractivity contribution < 1.29 is 9.53 Å². The van der Waals surface area contributed by atoms with Gasteiger partial charge in [-0.15, -0.1) is 0 Å². The quantitative estimate of drug-likeness (QED) is 0.649. The molecule has 1 fully saturated rings. The first-order valence-corrected chi connectivity index (χ1v) is 6.10. The van der Waals surface area contributed by atoms with Crippen molar-refractivity contribution in [3.8, 4) is 0 Å². The fourth-order valence-corrected chi connectivity index (χ4v) is 1.84. The first kappa shape index (κ1) is 13.5. The van der Waals surface area contributed by atoms with E-state index in [1.165, 1.54) is 12.8 Å². The number of methoxy groups -OCH3 is 1. The van der Waals surface area contributed by atoms with Gasteiger partial charge in [-0.2, -0.15) is 0 Å². The van der Waals surface area contributed by atoms with E-state index in [0.717, 1.165) is 26.0 Å². The lowest BCUT2D eigenvalue weighted by Gasteiger charge is -2.17. The predicted molar refractivity (Wildman–Crippen MR) is 64.0 cm³/mol. The molecule has 4 nitrogen and oxygen atoms in total. The summed E-state index contributed by atoms with van der Waals surface area (Å²) in [6.45, 7) is 4.08. The van der Waals surface area contributed by atoms with Gasteiger partial charge >= 0.3 is 0 Å². The van der Waals surface area contributed by atoms with E-state index >= 15 is 0 Å². The number of hydrogen-bond donors (Lipinski definition) is 2. The molecule has 0 bridgehead atoms. The Kier molecular flexibility index (Phi) is 5.22. The monoisotopic (exact) mass is 228 g/mol. The molecule has 0 aliphatic heterocycles. The van der Waals surface area contributed by atoms with Gasteiger partial charge in [-0.1, -0.05) is 6.92 Å². The highest BCUT2D eigenvalue weighted by Gasteiger charge is 2.42. The van der Waals surface area contributed by atoms with E-state index < -0.39 is 0 Å². The van der Waals surface area contributed by atoms with Crippen LogP contribution >= 0.6 is 0 Å². The summed E-state index contributed by atoms with van der Waals surface area (Å²) in [5.41, 5.74) is 5.76. The summed E-state index contributed by atoms with van der Waals surface area (Å²) in [6.07, 6.45) is 4.23. The van der Waals surface area contributed by atoms with Crippen molar-refractivity contribution >= 4 is 5.91 Å². The van der Waals surface area contributed by atoms with Crippen molar-refractivity contribution in [3.05, 3.63) is 0 Å². The van der Waals surface area contributed by atoms with Crippen LogP contribution in [0.1, 0.15) is 32.6 Å². The third-order valence-electron chi connectivity index (χ3n) is 3.48. The highest BCUT2D eigenvalue weighted by molar-refractivity contribution is 5.78. The SMILES string of the molecule is COCCC1(CNC(=O)C(C)CCN)CC1. The molecule has 0 spiro atoms. The molecular weight excluding hydrogens is 204 g/mol. The van der Waals surface area contributed by atoms with Crippen molar-refractivity contribution in [2.75, 3.05) is 26.8 Å². The minimum absolute atomic E-state index is 0.0308. The van der Waals surface area contributed by atoms with E-state index in [1.54, 1.807) is 7.11 Å². The summed E-state index contributed by atoms with van der Waals surface area (Å²) < 4.78 is 5.08. The topological polar surface area (TPSA) is 64.3 Å². The Morgan fingerprint density at radius 3 is 2.75 bits per heavy atom. The number of nitrogens with one attached hydrogen (secondary N) is 1. The molecule has 1 amide bonds. The third-order valence-corrected chi connectivity index (χ3v) is 3.48. The molecule has 94 valence electrons. The lowest BCUT2D eigenvalue weighted by Crippen LogP contribution is -2.35. The summed E-state index contributed by atoms with van der Waals surface area (Å²) in [4.78, 5) is 11.7. The zero-order chi connectivity index (χ0) is 12.0. The van der Waals surface area contributed by atoms with Gasteiger partial charge in [0.2, 0.25) is 5.91 Å². The Morgan fingerprint density at radius 2 is 2.25 bits per heavy atom. The van der Waals surface area contributed by atoms with Gasteiger partial charge < -0.3 is 15.8 Å². The Balaban J connectivity index is 2.21. The van der Waals surface area contributed by atoms with Crippen molar-refractivity contribution in [3.63, 3.8) is 0 Å². The normalized spacial score (nSPS) is 19.2. The number of ether oxygens (including phenoxy) is 1. The van der Waals surface area contributed by atoms with Gasteiger partial charge in [0.15, 0.2) is 0 Å². The molecular formula is C12H24N2O2. The predicted octanol–water partition coefficient (Wildman–Crippen LogP) is 0.904. The molecule has 1 atom stereocenters. The maximum Gasteiger partial charge on any atom is 0.222 e. The first-order chi connectivity index (χ1) is 7.63. The average molecular weight is 228 g/mol. The molecule has 16 heavy (non-hydrogen) atoms. The molecule has 0 radical (unpaired) electrons. The van der Waals surface area contributed by atoms with E-state index in [0.29, 0.717) is 12.0 Å². The summed E-state index contributed by atoms with van der Waals surface area (Å²) in [5.74, 6) is 0.164. The van der Waals surface area contributed by atoms with Gasteiger partial charge in [0.05, 0.1) is 0 Å². The van der Waals surface area contributed by atoms with Crippen LogP contribution < -0.4 is 11.1 Å². The number of carbonyl (C=O) groups excluding carboxylic acids is 1. The largest absolute Gasteiger partial charge is 0.385 e. The van der Waals surface area contributed by atoms with Gasteiger partial charge in [-0.25, -0.2) is 0 Å². The smallest absolute Gasteiger partial charge is 0.222 e. The van der Waals surface area contributed by atoms with E-state index in [4.69, 9.17) is 10.5 Å². The van der Waals surface area contributed by atoms with Gasteiger partial charge in [-0.05, 0) is 37.6 Å². The Hall–Kier alpha value is -0.610. The van der Waals surface area contributed by atoms with Gasteiger partial charge in [0.1, 0.15) is 0 Å². The molecule has 0 heterocycles. The fourth-order valence-electron chi connectivity index (χ4n) is 1.84. The Bertz CT molecular complexity index is 227. The van der Waals surface area contributed by atoms with E-state index in [2.05, 4.69) is 5.32 Å². The molecule has 0 aromatic heterocycles. The highest BCUT2D eigenvalue weighted by atomic mass is 16.5. The average Bonchev–Trinajstić information content (AvgIpc) is 3.04. The standard InChI is InChI=1S/C12H24N2O2/c1-10(3-7-13)11(15)14-9-12(4-5-12)6-8-16-2/h10H,3-9,13H2,1-2H3,(H,14,15). The van der Waals surface area contributed by atoms with Crippen molar-refractivity contribution in [1.29, 1.82) is 0 Å². The zero-order valence-electron chi connectivity index (χ0n) is 10.4. The van der Waals surface area contributed by atoms with Gasteiger partial charge in [0.25, 0.3) is 0 Å². The van der Waals surface area contributed by atoms with Crippen molar-refractivity contribution in [1.82, 2.24) is 5.32 Å². The molecule has 1 aliphatic carbocycles. The molecule has 1 unspecified atom stereocenters. The molecule has 0 aromatic carbocycles. The number of nitrogens with two attached hydrogens (primary N) is 1. The second-order valence-corrected chi connectivity index (χ2v) is 4.94. The van der Waals surface area contributed by atoms with E-state index in [1.807, 2.05) is 6.92 Å². The van der Waals surface area contributed by atoms with Gasteiger partial charge in [-0.3, -0.25) is 4.79 Å². The molecule has 4 heteroatoms. The number of carbonyl (C=O) groups is 1. The second kappa shape index (κ2) is 6.21. The van der Waals surface area contributed by atoms with Crippen LogP contribution in [0, 0.1) is 11.3 Å². The molecule has 3 N–H and O–H groups in total. The maximum atomic E-state index is 11.7. The lowest BCUT2D eigenvalue weighted by atomic mass is 10.0. The maximum absolute atomic E-state index is 11.7. The van der Waals surface area contributed by atoms with Crippen LogP contribution in [0.25, 0.3) is 0 Å². The molecule has 0 aromatic rings. The third kappa shape index (κ3) is 4.10. The van der Waals surface area contributed by atoms with Crippen molar-refractivity contribution in [2.24, 2.45) is 17.1 Å². The second-order valence-electron chi connectivity index (χ2n) is 4.94. The molecule has 0 saturated heterocycles. The Labute approximate surface area is 97.9 Å².